The van der Waals surface area contributed by atoms with E-state index in [1.54, 1.807) is 12.1 Å². The summed E-state index contributed by atoms with van der Waals surface area (Å²) in [7, 11) is 0. The third-order valence-corrected chi connectivity index (χ3v) is 4.77. The van der Waals surface area contributed by atoms with Crippen LogP contribution in [0.5, 0.6) is 0 Å². The molecule has 4 N–H and O–H groups in total. The lowest BCUT2D eigenvalue weighted by Crippen LogP contribution is -2.53. The number of nitrogens with zero attached hydrogens (tertiary/aromatic N) is 1. The minimum Gasteiger partial charge on any atom is -0.399 e. The Labute approximate surface area is 125 Å². The molecule has 0 radical (unpaired) electrons. The number of hydrogen-bond acceptors (Lipinski definition) is 4. The number of nitrogens with one attached hydrogen (secondary N) is 1. The largest absolute Gasteiger partial charge is 0.399 e. The number of piperidine rings is 1. The highest BCUT2D eigenvalue weighted by molar-refractivity contribution is 5.94. The number of nitrogen functional groups attached to an aromatic ring is 1. The number of rotatable bonds is 3. The van der Waals surface area contributed by atoms with Gasteiger partial charge in [0, 0.05) is 23.5 Å². The molecule has 1 aromatic carbocycles. The number of fused-ring (bicyclic) bond motifs is 2. The third-order valence-electron chi connectivity index (χ3n) is 4.77. The Hall–Kier alpha value is -1.59. The van der Waals surface area contributed by atoms with Gasteiger partial charge >= 0.3 is 0 Å². The fraction of sp³-hybridized carbons (Fsp3) is 0.562. The second kappa shape index (κ2) is 5.66. The molecule has 2 bridgehead atoms. The summed E-state index contributed by atoms with van der Waals surface area (Å²) in [5.74, 6) is 0.00746. The van der Waals surface area contributed by atoms with Crippen LogP contribution in [0.25, 0.3) is 0 Å². The number of aliphatic hydroxyl groups is 1. The van der Waals surface area contributed by atoms with Crippen molar-refractivity contribution in [2.45, 2.75) is 56.8 Å². The number of aliphatic hydroxyl groups excluding tert-OH is 1. The molecule has 3 rings (SSSR count). The molecule has 0 aromatic heterocycles. The summed E-state index contributed by atoms with van der Waals surface area (Å²) in [6.45, 7) is 1.95. The van der Waals surface area contributed by atoms with E-state index in [2.05, 4.69) is 10.2 Å². The average molecular weight is 289 g/mol. The number of nitrogens with two attached hydrogens (primary N) is 1. The van der Waals surface area contributed by atoms with E-state index < -0.39 is 0 Å². The Morgan fingerprint density at radius 2 is 1.86 bits per heavy atom. The molecule has 114 valence electrons. The molecular formula is C16H23N3O2. The van der Waals surface area contributed by atoms with Crippen molar-refractivity contribution in [2.75, 3.05) is 11.1 Å². The Morgan fingerprint density at radius 1 is 1.29 bits per heavy atom. The summed E-state index contributed by atoms with van der Waals surface area (Å²) in [5, 5.41) is 12.8. The number of anilines is 2. The lowest BCUT2D eigenvalue weighted by molar-refractivity contribution is -0.123. The minimum atomic E-state index is -0.203. The first-order chi connectivity index (χ1) is 10.0. The molecule has 2 aliphatic rings. The normalized spacial score (nSPS) is 30.1. The molecule has 21 heavy (non-hydrogen) atoms. The summed E-state index contributed by atoms with van der Waals surface area (Å²) in [5.41, 5.74) is 7.10. The van der Waals surface area contributed by atoms with E-state index in [0.29, 0.717) is 17.8 Å². The SMILES string of the molecule is CC(C(=O)Nc1ccc(N)cc1)N1C2CCC1CC(O)C2. The van der Waals surface area contributed by atoms with Crippen molar-refractivity contribution in [3.63, 3.8) is 0 Å². The van der Waals surface area contributed by atoms with Gasteiger partial charge < -0.3 is 16.2 Å². The molecular weight excluding hydrogens is 266 g/mol. The molecule has 2 heterocycles. The molecule has 0 aliphatic carbocycles. The number of carbonyl (C=O) groups is 1. The zero-order chi connectivity index (χ0) is 15.0. The smallest absolute Gasteiger partial charge is 0.241 e. The minimum absolute atomic E-state index is 0.00746. The predicted molar refractivity (Wildman–Crippen MR) is 82.8 cm³/mol. The van der Waals surface area contributed by atoms with Gasteiger partial charge in [0.25, 0.3) is 0 Å². The highest BCUT2D eigenvalue weighted by Crippen LogP contribution is 2.37. The van der Waals surface area contributed by atoms with Crippen molar-refractivity contribution in [1.82, 2.24) is 4.90 Å². The third kappa shape index (κ3) is 2.89. The molecule has 2 saturated heterocycles. The van der Waals surface area contributed by atoms with Crippen LogP contribution < -0.4 is 11.1 Å². The van der Waals surface area contributed by atoms with Crippen LogP contribution in [-0.2, 0) is 4.79 Å². The fourth-order valence-corrected chi connectivity index (χ4v) is 3.77. The van der Waals surface area contributed by atoms with E-state index in [0.717, 1.165) is 31.4 Å². The lowest BCUT2D eigenvalue weighted by atomic mass is 9.98. The zero-order valence-electron chi connectivity index (χ0n) is 12.3. The molecule has 3 atom stereocenters. The maximum absolute atomic E-state index is 12.5. The lowest BCUT2D eigenvalue weighted by Gasteiger charge is -2.40. The summed E-state index contributed by atoms with van der Waals surface area (Å²) < 4.78 is 0. The molecule has 3 unspecified atom stereocenters. The van der Waals surface area contributed by atoms with Gasteiger partial charge in [-0.15, -0.1) is 0 Å². The molecule has 5 nitrogen and oxygen atoms in total. The van der Waals surface area contributed by atoms with E-state index in [1.807, 2.05) is 19.1 Å². The first-order valence-corrected chi connectivity index (χ1v) is 7.66. The van der Waals surface area contributed by atoms with Crippen molar-refractivity contribution in [2.24, 2.45) is 0 Å². The van der Waals surface area contributed by atoms with Gasteiger partial charge in [-0.25, -0.2) is 0 Å². The first-order valence-electron chi connectivity index (χ1n) is 7.66. The van der Waals surface area contributed by atoms with Gasteiger partial charge in [-0.05, 0) is 56.9 Å². The number of benzene rings is 1. The van der Waals surface area contributed by atoms with E-state index in [-0.39, 0.29) is 18.1 Å². The van der Waals surface area contributed by atoms with Crippen LogP contribution in [0.15, 0.2) is 24.3 Å². The van der Waals surface area contributed by atoms with Crippen LogP contribution >= 0.6 is 0 Å². The van der Waals surface area contributed by atoms with Gasteiger partial charge in [-0.3, -0.25) is 9.69 Å². The monoisotopic (exact) mass is 289 g/mol. The fourth-order valence-electron chi connectivity index (χ4n) is 3.77. The number of carbonyl (C=O) groups excluding carboxylic acids is 1. The predicted octanol–water partition coefficient (Wildman–Crippen LogP) is 1.58. The van der Waals surface area contributed by atoms with Gasteiger partial charge in [0.05, 0.1) is 12.1 Å². The van der Waals surface area contributed by atoms with Crippen LogP contribution in [0.1, 0.15) is 32.6 Å². The van der Waals surface area contributed by atoms with Gasteiger partial charge in [0.15, 0.2) is 0 Å². The Kier molecular flexibility index (Phi) is 3.87. The quantitative estimate of drug-likeness (QED) is 0.738. The summed E-state index contributed by atoms with van der Waals surface area (Å²) in [4.78, 5) is 14.7. The van der Waals surface area contributed by atoms with Crippen molar-refractivity contribution in [1.29, 1.82) is 0 Å². The van der Waals surface area contributed by atoms with E-state index in [4.69, 9.17) is 5.73 Å². The summed E-state index contributed by atoms with van der Waals surface area (Å²) in [6.07, 6.45) is 3.54. The van der Waals surface area contributed by atoms with Crippen molar-refractivity contribution in [3.05, 3.63) is 24.3 Å². The Balaban J connectivity index is 1.66. The highest BCUT2D eigenvalue weighted by atomic mass is 16.3. The number of hydrogen-bond donors (Lipinski definition) is 3. The standard InChI is InChI=1S/C16H23N3O2/c1-10(16(21)18-12-4-2-11(17)3-5-12)19-13-6-7-14(19)9-15(20)8-13/h2-5,10,13-15,20H,6-9,17H2,1H3,(H,18,21). The van der Waals surface area contributed by atoms with Crippen LogP contribution in [0, 0.1) is 0 Å². The number of amides is 1. The average Bonchev–Trinajstić information content (AvgIpc) is 2.72. The maximum atomic E-state index is 12.5. The van der Waals surface area contributed by atoms with Gasteiger partial charge in [-0.2, -0.15) is 0 Å². The summed E-state index contributed by atoms with van der Waals surface area (Å²) >= 11 is 0. The molecule has 0 spiro atoms. The van der Waals surface area contributed by atoms with Crippen LogP contribution in [-0.4, -0.2) is 40.1 Å². The molecule has 2 aliphatic heterocycles. The molecule has 1 amide bonds. The van der Waals surface area contributed by atoms with Gasteiger partial charge in [-0.1, -0.05) is 0 Å². The second-order valence-electron chi connectivity index (χ2n) is 6.24. The highest BCUT2D eigenvalue weighted by Gasteiger charge is 2.43. The van der Waals surface area contributed by atoms with Crippen molar-refractivity contribution < 1.29 is 9.90 Å². The van der Waals surface area contributed by atoms with Crippen LogP contribution in [0.4, 0.5) is 11.4 Å². The molecule has 5 heteroatoms. The van der Waals surface area contributed by atoms with Crippen molar-refractivity contribution >= 4 is 17.3 Å². The zero-order valence-corrected chi connectivity index (χ0v) is 12.3. The van der Waals surface area contributed by atoms with Gasteiger partial charge in [0.2, 0.25) is 5.91 Å². The Morgan fingerprint density at radius 3 is 2.43 bits per heavy atom. The maximum Gasteiger partial charge on any atom is 0.241 e. The molecule has 2 fully saturated rings. The van der Waals surface area contributed by atoms with Crippen molar-refractivity contribution in [3.8, 4) is 0 Å². The van der Waals surface area contributed by atoms with E-state index in [9.17, 15) is 9.90 Å². The molecule has 1 aromatic rings. The second-order valence-corrected chi connectivity index (χ2v) is 6.24. The van der Waals surface area contributed by atoms with Crippen LogP contribution in [0.2, 0.25) is 0 Å². The Bertz CT molecular complexity index is 503. The van der Waals surface area contributed by atoms with E-state index in [1.165, 1.54) is 0 Å². The van der Waals surface area contributed by atoms with Crippen LogP contribution in [0.3, 0.4) is 0 Å². The summed E-state index contributed by atoms with van der Waals surface area (Å²) in [6, 6.07) is 7.69. The van der Waals surface area contributed by atoms with E-state index >= 15 is 0 Å². The molecule has 0 saturated carbocycles. The first kappa shape index (κ1) is 14.4. The topological polar surface area (TPSA) is 78.6 Å². The van der Waals surface area contributed by atoms with Gasteiger partial charge in [0.1, 0.15) is 0 Å².